The largest absolute Gasteiger partial charge is 0.463 e. The van der Waals surface area contributed by atoms with Gasteiger partial charge in [0.1, 0.15) is 11.5 Å². The van der Waals surface area contributed by atoms with Crippen molar-refractivity contribution in [3.8, 4) is 0 Å². The molecule has 4 heterocycles. The van der Waals surface area contributed by atoms with Crippen molar-refractivity contribution in [3.05, 3.63) is 82.3 Å². The third-order valence-corrected chi connectivity index (χ3v) is 5.56. The Morgan fingerprint density at radius 2 is 1.62 bits per heavy atom. The molecule has 7 nitrogen and oxygen atoms in total. The number of benzene rings is 1. The average molecular weight is 442 g/mol. The van der Waals surface area contributed by atoms with E-state index in [2.05, 4.69) is 9.97 Å². The van der Waals surface area contributed by atoms with E-state index in [1.165, 1.54) is 6.20 Å². The van der Waals surface area contributed by atoms with Crippen LogP contribution < -0.4 is 0 Å². The third-order valence-electron chi connectivity index (χ3n) is 5.56. The van der Waals surface area contributed by atoms with Crippen LogP contribution in [0.3, 0.4) is 0 Å². The van der Waals surface area contributed by atoms with E-state index in [0.717, 1.165) is 4.90 Å². The predicted octanol–water partition coefficient (Wildman–Crippen LogP) is 3.44. The number of rotatable bonds is 4. The van der Waals surface area contributed by atoms with Gasteiger partial charge in [0.05, 0.1) is 29.9 Å². The van der Waals surface area contributed by atoms with Gasteiger partial charge in [-0.1, -0.05) is 12.1 Å². The van der Waals surface area contributed by atoms with Crippen molar-refractivity contribution in [2.75, 3.05) is 6.54 Å². The van der Waals surface area contributed by atoms with Gasteiger partial charge in [-0.25, -0.2) is 9.97 Å². The Kier molecular flexibility index (Phi) is 4.81. The SMILES string of the molecule is O=C1c2ccccc2C(=O)N1Cc1ccc(CN2CCc3nc(C(F)(F)F)ncc3C2)o1. The van der Waals surface area contributed by atoms with Gasteiger partial charge >= 0.3 is 6.18 Å². The number of hydrogen-bond donors (Lipinski definition) is 0. The van der Waals surface area contributed by atoms with Crippen molar-refractivity contribution < 1.29 is 27.2 Å². The van der Waals surface area contributed by atoms with Crippen LogP contribution in [-0.2, 0) is 32.2 Å². The molecule has 32 heavy (non-hydrogen) atoms. The molecule has 2 aliphatic rings. The molecule has 10 heteroatoms. The Balaban J connectivity index is 1.24. The number of amides is 2. The first-order valence-corrected chi connectivity index (χ1v) is 9.97. The predicted molar refractivity (Wildman–Crippen MR) is 104 cm³/mol. The van der Waals surface area contributed by atoms with Crippen LogP contribution in [0.1, 0.15) is 49.3 Å². The summed E-state index contributed by atoms with van der Waals surface area (Å²) in [6.45, 7) is 1.39. The summed E-state index contributed by atoms with van der Waals surface area (Å²) in [5.74, 6) is -0.713. The van der Waals surface area contributed by atoms with Crippen LogP contribution in [0.2, 0.25) is 0 Å². The van der Waals surface area contributed by atoms with Crippen molar-refractivity contribution in [1.29, 1.82) is 0 Å². The minimum absolute atomic E-state index is 0.0310. The number of furan rings is 1. The second kappa shape index (κ2) is 7.56. The van der Waals surface area contributed by atoms with E-state index >= 15 is 0 Å². The number of aromatic nitrogens is 2. The normalized spacial score (nSPS) is 16.4. The summed E-state index contributed by atoms with van der Waals surface area (Å²) in [7, 11) is 0. The fourth-order valence-electron chi connectivity index (χ4n) is 4.00. The van der Waals surface area contributed by atoms with E-state index in [9.17, 15) is 22.8 Å². The van der Waals surface area contributed by atoms with Crippen LogP contribution in [-0.4, -0.2) is 38.1 Å². The lowest BCUT2D eigenvalue weighted by Crippen LogP contribution is -2.31. The molecule has 0 saturated carbocycles. The van der Waals surface area contributed by atoms with Gasteiger partial charge in [-0.15, -0.1) is 0 Å². The molecule has 2 aromatic heterocycles. The molecule has 0 radical (unpaired) electrons. The second-order valence-corrected chi connectivity index (χ2v) is 7.73. The highest BCUT2D eigenvalue weighted by molar-refractivity contribution is 6.21. The van der Waals surface area contributed by atoms with Crippen LogP contribution in [0.15, 0.2) is 47.0 Å². The van der Waals surface area contributed by atoms with E-state index in [1.807, 2.05) is 4.90 Å². The van der Waals surface area contributed by atoms with Gasteiger partial charge in [0.15, 0.2) is 0 Å². The quantitative estimate of drug-likeness (QED) is 0.576. The maximum absolute atomic E-state index is 12.8. The summed E-state index contributed by atoms with van der Waals surface area (Å²) >= 11 is 0. The number of fused-ring (bicyclic) bond motifs is 2. The highest BCUT2D eigenvalue weighted by Crippen LogP contribution is 2.28. The summed E-state index contributed by atoms with van der Waals surface area (Å²) in [6.07, 6.45) is -2.95. The van der Waals surface area contributed by atoms with Crippen molar-refractivity contribution in [3.63, 3.8) is 0 Å². The van der Waals surface area contributed by atoms with Gasteiger partial charge in [0, 0.05) is 31.3 Å². The van der Waals surface area contributed by atoms with Crippen molar-refractivity contribution in [2.24, 2.45) is 0 Å². The molecule has 0 bridgehead atoms. The molecule has 164 valence electrons. The topological polar surface area (TPSA) is 79.5 Å². The minimum Gasteiger partial charge on any atom is -0.463 e. The first-order chi connectivity index (χ1) is 15.3. The summed E-state index contributed by atoms with van der Waals surface area (Å²) in [5.41, 5.74) is 1.83. The Hall–Kier alpha value is -3.53. The van der Waals surface area contributed by atoms with Gasteiger partial charge in [-0.3, -0.25) is 19.4 Å². The molecule has 1 aromatic carbocycles. The first-order valence-electron chi connectivity index (χ1n) is 9.97. The molecule has 3 aromatic rings. The smallest absolute Gasteiger partial charge is 0.451 e. The summed E-state index contributed by atoms with van der Waals surface area (Å²) in [4.78, 5) is 35.3. The van der Waals surface area contributed by atoms with Crippen LogP contribution >= 0.6 is 0 Å². The molecular weight excluding hydrogens is 425 g/mol. The fraction of sp³-hybridized carbons (Fsp3) is 0.273. The number of alkyl halides is 3. The third kappa shape index (κ3) is 3.66. The zero-order valence-corrected chi connectivity index (χ0v) is 16.7. The lowest BCUT2D eigenvalue weighted by molar-refractivity contribution is -0.145. The molecule has 2 aliphatic heterocycles. The highest BCUT2D eigenvalue weighted by Gasteiger charge is 2.36. The van der Waals surface area contributed by atoms with Crippen molar-refractivity contribution in [2.45, 2.75) is 32.2 Å². The molecule has 0 atom stereocenters. The van der Waals surface area contributed by atoms with Gasteiger partial charge in [-0.05, 0) is 24.3 Å². The molecule has 0 N–H and O–H groups in total. The van der Waals surface area contributed by atoms with Gasteiger partial charge in [0.25, 0.3) is 11.8 Å². The molecule has 0 fully saturated rings. The molecule has 0 spiro atoms. The van der Waals surface area contributed by atoms with Gasteiger partial charge < -0.3 is 4.42 Å². The van der Waals surface area contributed by atoms with Gasteiger partial charge in [0.2, 0.25) is 5.82 Å². The minimum atomic E-state index is -4.56. The number of hydrogen-bond acceptors (Lipinski definition) is 6. The lowest BCUT2D eigenvalue weighted by atomic mass is 10.1. The fourth-order valence-corrected chi connectivity index (χ4v) is 4.00. The van der Waals surface area contributed by atoms with E-state index in [-0.39, 0.29) is 18.4 Å². The number of nitrogens with zero attached hydrogens (tertiary/aromatic N) is 4. The van der Waals surface area contributed by atoms with Gasteiger partial charge in [-0.2, -0.15) is 13.2 Å². The van der Waals surface area contributed by atoms with E-state index in [4.69, 9.17) is 4.42 Å². The lowest BCUT2D eigenvalue weighted by Gasteiger charge is -2.27. The Bertz CT molecular complexity index is 1190. The molecule has 0 aliphatic carbocycles. The molecular formula is C22H17F3N4O3. The zero-order chi connectivity index (χ0) is 22.5. The van der Waals surface area contributed by atoms with Crippen LogP contribution in [0.25, 0.3) is 0 Å². The summed E-state index contributed by atoms with van der Waals surface area (Å²) < 4.78 is 44.2. The molecule has 5 rings (SSSR count). The molecule has 0 unspecified atom stereocenters. The molecule has 2 amide bonds. The van der Waals surface area contributed by atoms with E-state index < -0.39 is 12.0 Å². The number of halogens is 3. The Morgan fingerprint density at radius 1 is 0.969 bits per heavy atom. The summed E-state index contributed by atoms with van der Waals surface area (Å²) in [6, 6.07) is 10.2. The van der Waals surface area contributed by atoms with E-state index in [1.54, 1.807) is 36.4 Å². The monoisotopic (exact) mass is 442 g/mol. The van der Waals surface area contributed by atoms with Crippen LogP contribution in [0.4, 0.5) is 13.2 Å². The van der Waals surface area contributed by atoms with Crippen molar-refractivity contribution >= 4 is 11.8 Å². The Labute approximate surface area is 180 Å². The number of carbonyl (C=O) groups is 2. The Morgan fingerprint density at radius 3 is 2.28 bits per heavy atom. The average Bonchev–Trinajstić information content (AvgIpc) is 3.31. The highest BCUT2D eigenvalue weighted by atomic mass is 19.4. The number of carbonyl (C=O) groups excluding carboxylic acids is 2. The number of imide groups is 1. The summed E-state index contributed by atoms with van der Waals surface area (Å²) in [5, 5.41) is 0. The maximum Gasteiger partial charge on any atom is 0.451 e. The molecule has 0 saturated heterocycles. The zero-order valence-electron chi connectivity index (χ0n) is 16.7. The second-order valence-electron chi connectivity index (χ2n) is 7.73. The maximum atomic E-state index is 12.8. The standard InChI is InChI=1S/C22H17F3N4O3/c23-22(24,25)21-26-9-13-10-28(8-7-18(13)27-21)11-14-5-6-15(32-14)12-29-19(30)16-3-1-2-4-17(16)20(29)31/h1-6,9H,7-8,10-12H2. The van der Waals surface area contributed by atoms with E-state index in [0.29, 0.717) is 60.0 Å². The van der Waals surface area contributed by atoms with Crippen LogP contribution in [0.5, 0.6) is 0 Å². The first kappa shape index (κ1) is 20.4. The van der Waals surface area contributed by atoms with Crippen LogP contribution in [0, 0.1) is 0 Å². The van der Waals surface area contributed by atoms with Crippen molar-refractivity contribution in [1.82, 2.24) is 19.8 Å².